The zero-order valence-corrected chi connectivity index (χ0v) is 7.48. The Kier molecular flexibility index (Phi) is 4.54. The van der Waals surface area contributed by atoms with Crippen molar-refractivity contribution in [1.29, 1.82) is 0 Å². The van der Waals surface area contributed by atoms with Crippen LogP contribution in [-0.4, -0.2) is 31.7 Å². The first-order chi connectivity index (χ1) is 2.89. The monoisotopic (exact) mass is 175 g/mol. The maximum absolute atomic E-state index is 3.20. The predicted octanol–water partition coefficient (Wildman–Crippen LogP) is -0.524. The SMILES string of the molecule is CN1CCNC1.[Y]. The summed E-state index contributed by atoms with van der Waals surface area (Å²) in [6.45, 7) is 3.44. The predicted molar refractivity (Wildman–Crippen MR) is 25.5 cm³/mol. The van der Waals surface area contributed by atoms with E-state index >= 15 is 0 Å². The van der Waals surface area contributed by atoms with Crippen LogP contribution in [0.1, 0.15) is 0 Å². The molecular weight excluding hydrogens is 165 g/mol. The second kappa shape index (κ2) is 3.96. The van der Waals surface area contributed by atoms with Crippen molar-refractivity contribution >= 4 is 0 Å². The number of nitrogens with one attached hydrogen (secondary N) is 1. The molecule has 2 nitrogen and oxygen atoms in total. The summed E-state index contributed by atoms with van der Waals surface area (Å²) in [5.41, 5.74) is 0. The van der Waals surface area contributed by atoms with E-state index in [9.17, 15) is 0 Å². The van der Waals surface area contributed by atoms with Gasteiger partial charge < -0.3 is 5.32 Å². The Morgan fingerprint density at radius 1 is 1.57 bits per heavy atom. The van der Waals surface area contributed by atoms with Crippen LogP contribution in [0.25, 0.3) is 0 Å². The van der Waals surface area contributed by atoms with Crippen molar-refractivity contribution in [2.24, 2.45) is 0 Å². The fourth-order valence-corrected chi connectivity index (χ4v) is 0.619. The number of likely N-dealkylation sites (N-methyl/N-ethyl adjacent to an activating group) is 1. The molecule has 0 aromatic carbocycles. The van der Waals surface area contributed by atoms with E-state index in [1.54, 1.807) is 0 Å². The van der Waals surface area contributed by atoms with E-state index in [0.717, 1.165) is 13.2 Å². The molecule has 0 unspecified atom stereocenters. The first kappa shape index (κ1) is 8.02. The van der Waals surface area contributed by atoms with Gasteiger partial charge in [-0.3, -0.25) is 4.90 Å². The molecule has 1 aliphatic heterocycles. The van der Waals surface area contributed by atoms with E-state index in [2.05, 4.69) is 17.3 Å². The second-order valence-electron chi connectivity index (χ2n) is 1.74. The first-order valence-corrected chi connectivity index (χ1v) is 2.29. The molecule has 0 spiro atoms. The van der Waals surface area contributed by atoms with Crippen molar-refractivity contribution < 1.29 is 32.7 Å². The molecule has 1 N–H and O–H groups in total. The minimum atomic E-state index is 0. The summed E-state index contributed by atoms with van der Waals surface area (Å²) in [4.78, 5) is 2.25. The van der Waals surface area contributed by atoms with Crippen LogP contribution in [0, 0.1) is 0 Å². The van der Waals surface area contributed by atoms with Crippen LogP contribution >= 0.6 is 0 Å². The smallest absolute Gasteiger partial charge is 0.0478 e. The van der Waals surface area contributed by atoms with Gasteiger partial charge in [-0.2, -0.15) is 0 Å². The summed E-state index contributed by atoms with van der Waals surface area (Å²) < 4.78 is 0. The average Bonchev–Trinajstić information content (AvgIpc) is 1.86. The van der Waals surface area contributed by atoms with Crippen molar-refractivity contribution in [2.45, 2.75) is 0 Å². The number of hydrogen-bond donors (Lipinski definition) is 1. The van der Waals surface area contributed by atoms with E-state index in [4.69, 9.17) is 0 Å². The topological polar surface area (TPSA) is 15.3 Å². The Hall–Kier alpha value is 1.02. The van der Waals surface area contributed by atoms with Gasteiger partial charge in [-0.15, -0.1) is 0 Å². The van der Waals surface area contributed by atoms with Gasteiger partial charge in [0, 0.05) is 52.5 Å². The van der Waals surface area contributed by atoms with Crippen molar-refractivity contribution in [3.8, 4) is 0 Å². The van der Waals surface area contributed by atoms with Crippen LogP contribution in [0.4, 0.5) is 0 Å². The van der Waals surface area contributed by atoms with Gasteiger partial charge in [0.05, 0.1) is 0 Å². The summed E-state index contributed by atoms with van der Waals surface area (Å²) in [7, 11) is 2.11. The molecule has 0 aromatic rings. The average molecular weight is 175 g/mol. The molecule has 0 aromatic heterocycles. The molecule has 0 bridgehead atoms. The molecular formula is C4H10N2Y. The molecule has 1 aliphatic rings. The van der Waals surface area contributed by atoms with E-state index in [0.29, 0.717) is 0 Å². The summed E-state index contributed by atoms with van der Waals surface area (Å²) in [5, 5.41) is 3.20. The molecule has 7 heavy (non-hydrogen) atoms. The van der Waals surface area contributed by atoms with Gasteiger partial charge in [0.15, 0.2) is 0 Å². The number of hydrogen-bond acceptors (Lipinski definition) is 2. The summed E-state index contributed by atoms with van der Waals surface area (Å²) in [5.74, 6) is 0. The molecule has 3 heteroatoms. The standard InChI is InChI=1S/C4H10N2.Y/c1-6-3-2-5-4-6;/h5H,2-4H2,1H3;. The Morgan fingerprint density at radius 2 is 2.29 bits per heavy atom. The molecule has 0 aliphatic carbocycles. The van der Waals surface area contributed by atoms with Crippen LogP contribution in [0.2, 0.25) is 0 Å². The Bertz CT molecular complexity index is 43.0. The van der Waals surface area contributed by atoms with E-state index in [-0.39, 0.29) is 32.7 Å². The van der Waals surface area contributed by atoms with Crippen molar-refractivity contribution in [3.63, 3.8) is 0 Å². The normalized spacial score (nSPS) is 21.9. The largest absolute Gasteiger partial charge is 0.303 e. The van der Waals surface area contributed by atoms with E-state index in [1.165, 1.54) is 6.54 Å². The number of rotatable bonds is 0. The molecule has 39 valence electrons. The maximum atomic E-state index is 3.20. The van der Waals surface area contributed by atoms with Crippen molar-refractivity contribution in [1.82, 2.24) is 10.2 Å². The van der Waals surface area contributed by atoms with Crippen LogP contribution in [0.3, 0.4) is 0 Å². The third-order valence-electron chi connectivity index (χ3n) is 1.05. The molecule has 0 atom stereocenters. The molecule has 1 fully saturated rings. The van der Waals surface area contributed by atoms with Crippen molar-refractivity contribution in [2.75, 3.05) is 26.8 Å². The molecule has 1 radical (unpaired) electrons. The minimum absolute atomic E-state index is 0. The molecule has 1 heterocycles. The van der Waals surface area contributed by atoms with Gasteiger partial charge in [-0.1, -0.05) is 0 Å². The maximum Gasteiger partial charge on any atom is 0.0478 e. The zero-order valence-electron chi connectivity index (χ0n) is 4.65. The first-order valence-electron chi connectivity index (χ1n) is 2.29. The Labute approximate surface area is 69.5 Å². The van der Waals surface area contributed by atoms with Gasteiger partial charge in [-0.05, 0) is 7.05 Å². The fraction of sp³-hybridized carbons (Fsp3) is 1.00. The van der Waals surface area contributed by atoms with Gasteiger partial charge in [0.2, 0.25) is 0 Å². The third kappa shape index (κ3) is 2.75. The van der Waals surface area contributed by atoms with Crippen LogP contribution < -0.4 is 5.32 Å². The molecule has 0 amide bonds. The van der Waals surface area contributed by atoms with Crippen LogP contribution in [0.5, 0.6) is 0 Å². The van der Waals surface area contributed by atoms with Crippen molar-refractivity contribution in [3.05, 3.63) is 0 Å². The summed E-state index contributed by atoms with van der Waals surface area (Å²) in [6.07, 6.45) is 0. The minimum Gasteiger partial charge on any atom is -0.303 e. The third-order valence-corrected chi connectivity index (χ3v) is 1.05. The number of nitrogens with zero attached hydrogens (tertiary/aromatic N) is 1. The fourth-order valence-electron chi connectivity index (χ4n) is 0.619. The van der Waals surface area contributed by atoms with Gasteiger partial charge in [-0.25, -0.2) is 0 Å². The quantitative estimate of drug-likeness (QED) is 0.532. The molecule has 1 rings (SSSR count). The zero-order chi connectivity index (χ0) is 4.41. The van der Waals surface area contributed by atoms with E-state index < -0.39 is 0 Å². The Balaban J connectivity index is 0.000000360. The second-order valence-corrected chi connectivity index (χ2v) is 1.74. The summed E-state index contributed by atoms with van der Waals surface area (Å²) in [6, 6.07) is 0. The van der Waals surface area contributed by atoms with Crippen LogP contribution in [-0.2, 0) is 32.7 Å². The van der Waals surface area contributed by atoms with Gasteiger partial charge in [0.1, 0.15) is 0 Å². The van der Waals surface area contributed by atoms with Gasteiger partial charge in [0.25, 0.3) is 0 Å². The summed E-state index contributed by atoms with van der Waals surface area (Å²) >= 11 is 0. The van der Waals surface area contributed by atoms with E-state index in [1.807, 2.05) is 0 Å². The molecule has 0 saturated carbocycles. The van der Waals surface area contributed by atoms with Crippen LogP contribution in [0.15, 0.2) is 0 Å². The molecule has 1 saturated heterocycles. The van der Waals surface area contributed by atoms with Gasteiger partial charge >= 0.3 is 0 Å². The Morgan fingerprint density at radius 3 is 2.43 bits per heavy atom.